The van der Waals surface area contributed by atoms with Gasteiger partial charge in [0.25, 0.3) is 0 Å². The summed E-state index contributed by atoms with van der Waals surface area (Å²) in [6.07, 6.45) is 0. The van der Waals surface area contributed by atoms with E-state index in [1.54, 1.807) is 0 Å². The molecule has 0 aliphatic rings. The smallest absolute Gasteiger partial charge is 0.164 e. The second kappa shape index (κ2) is 2.95. The summed E-state index contributed by atoms with van der Waals surface area (Å²) in [7, 11) is 0. The van der Waals surface area contributed by atoms with Crippen molar-refractivity contribution < 1.29 is 8.78 Å². The van der Waals surface area contributed by atoms with Crippen LogP contribution in [0, 0.1) is 23.0 Å². The van der Waals surface area contributed by atoms with Gasteiger partial charge in [0.2, 0.25) is 0 Å². The molecule has 2 nitrogen and oxygen atoms in total. The van der Waals surface area contributed by atoms with Crippen LogP contribution in [0.1, 0.15) is 5.56 Å². The largest absolute Gasteiger partial charge is 0.397 e. The molecular weight excluding hydrogens is 186 g/mol. The maximum absolute atomic E-state index is 12.8. The van der Waals surface area contributed by atoms with E-state index in [0.29, 0.717) is 0 Å². The van der Waals surface area contributed by atoms with Crippen LogP contribution in [-0.4, -0.2) is 0 Å². The Morgan fingerprint density at radius 2 is 2.08 bits per heavy atom. The number of hydrogen-bond donors (Lipinski definition) is 1. The number of nitriles is 1. The van der Waals surface area contributed by atoms with Crippen molar-refractivity contribution >= 4 is 17.3 Å². The van der Waals surface area contributed by atoms with Gasteiger partial charge in [-0.15, -0.1) is 0 Å². The maximum Gasteiger partial charge on any atom is 0.164 e. The Bertz CT molecular complexity index is 371. The van der Waals surface area contributed by atoms with Crippen molar-refractivity contribution in [1.82, 2.24) is 0 Å². The average molecular weight is 189 g/mol. The third-order valence-electron chi connectivity index (χ3n) is 1.30. The Morgan fingerprint density at radius 3 is 2.58 bits per heavy atom. The first-order valence-corrected chi connectivity index (χ1v) is 3.28. The number of rotatable bonds is 0. The molecule has 2 N–H and O–H groups in total. The van der Waals surface area contributed by atoms with Gasteiger partial charge in [0, 0.05) is 0 Å². The monoisotopic (exact) mass is 188 g/mol. The normalized spacial score (nSPS) is 9.50. The van der Waals surface area contributed by atoms with Crippen molar-refractivity contribution in [2.75, 3.05) is 5.73 Å². The van der Waals surface area contributed by atoms with Crippen LogP contribution < -0.4 is 5.73 Å². The van der Waals surface area contributed by atoms with Crippen molar-refractivity contribution in [3.63, 3.8) is 0 Å². The molecule has 0 spiro atoms. The predicted octanol–water partition coefficient (Wildman–Crippen LogP) is 2.07. The summed E-state index contributed by atoms with van der Waals surface area (Å²) in [6, 6.07) is 2.15. The van der Waals surface area contributed by atoms with Crippen LogP contribution in [0.2, 0.25) is 5.02 Å². The van der Waals surface area contributed by atoms with E-state index in [1.165, 1.54) is 6.07 Å². The van der Waals surface area contributed by atoms with E-state index in [2.05, 4.69) is 0 Å². The van der Waals surface area contributed by atoms with Gasteiger partial charge in [-0.2, -0.15) is 5.26 Å². The number of halogens is 3. The first-order chi connectivity index (χ1) is 5.57. The van der Waals surface area contributed by atoms with Gasteiger partial charge in [0.1, 0.15) is 22.5 Å². The summed E-state index contributed by atoms with van der Waals surface area (Å²) in [5.74, 6) is -2.12. The lowest BCUT2D eigenvalue weighted by Gasteiger charge is -2.01. The SMILES string of the molecule is N#Cc1c(F)cc(N)c(Cl)c1F. The zero-order valence-corrected chi connectivity index (χ0v) is 6.49. The molecule has 0 aliphatic heterocycles. The lowest BCUT2D eigenvalue weighted by molar-refractivity contribution is 0.578. The summed E-state index contributed by atoms with van der Waals surface area (Å²) >= 11 is 5.32. The van der Waals surface area contributed by atoms with E-state index >= 15 is 0 Å². The van der Waals surface area contributed by atoms with Gasteiger partial charge in [-0.3, -0.25) is 0 Å². The van der Waals surface area contributed by atoms with E-state index in [-0.39, 0.29) is 5.69 Å². The van der Waals surface area contributed by atoms with E-state index in [0.717, 1.165) is 6.07 Å². The summed E-state index contributed by atoms with van der Waals surface area (Å²) < 4.78 is 25.5. The highest BCUT2D eigenvalue weighted by Gasteiger charge is 2.14. The third kappa shape index (κ3) is 1.19. The lowest BCUT2D eigenvalue weighted by atomic mass is 10.2. The van der Waals surface area contributed by atoms with Crippen LogP contribution in [-0.2, 0) is 0 Å². The number of hydrogen-bond acceptors (Lipinski definition) is 2. The van der Waals surface area contributed by atoms with Crippen molar-refractivity contribution in [2.24, 2.45) is 0 Å². The molecule has 1 aromatic rings. The van der Waals surface area contributed by atoms with Gasteiger partial charge in [-0.1, -0.05) is 11.6 Å². The molecule has 62 valence electrons. The molecule has 0 unspecified atom stereocenters. The number of nitrogens with zero attached hydrogens (tertiary/aromatic N) is 1. The quantitative estimate of drug-likeness (QED) is 0.501. The number of nitrogens with two attached hydrogens (primary N) is 1. The molecule has 0 radical (unpaired) electrons. The fourth-order valence-corrected chi connectivity index (χ4v) is 0.865. The van der Waals surface area contributed by atoms with E-state index < -0.39 is 22.2 Å². The van der Waals surface area contributed by atoms with Gasteiger partial charge in [0.15, 0.2) is 5.82 Å². The first kappa shape index (κ1) is 8.75. The van der Waals surface area contributed by atoms with Crippen LogP contribution >= 0.6 is 11.6 Å². The molecule has 0 aliphatic carbocycles. The Hall–Kier alpha value is -1.34. The molecule has 1 aromatic carbocycles. The highest BCUT2D eigenvalue weighted by Crippen LogP contribution is 2.26. The number of nitrogen functional groups attached to an aromatic ring is 1. The van der Waals surface area contributed by atoms with E-state index in [1.807, 2.05) is 0 Å². The zero-order valence-electron chi connectivity index (χ0n) is 5.74. The zero-order chi connectivity index (χ0) is 9.30. The molecule has 0 heterocycles. The number of anilines is 1. The predicted molar refractivity (Wildman–Crippen MR) is 40.5 cm³/mol. The minimum absolute atomic E-state index is 0.217. The van der Waals surface area contributed by atoms with Crippen LogP contribution in [0.25, 0.3) is 0 Å². The third-order valence-corrected chi connectivity index (χ3v) is 1.68. The van der Waals surface area contributed by atoms with Crippen molar-refractivity contribution in [3.8, 4) is 6.07 Å². The van der Waals surface area contributed by atoms with Gasteiger partial charge in [-0.25, -0.2) is 8.78 Å². The first-order valence-electron chi connectivity index (χ1n) is 2.91. The molecule has 0 saturated carbocycles. The highest BCUT2D eigenvalue weighted by molar-refractivity contribution is 6.33. The minimum atomic E-state index is -1.11. The second-order valence-corrected chi connectivity index (χ2v) is 2.44. The maximum atomic E-state index is 12.8. The average Bonchev–Trinajstić information content (AvgIpc) is 2.01. The molecule has 0 amide bonds. The molecule has 5 heteroatoms. The Labute approximate surface area is 72.2 Å². The van der Waals surface area contributed by atoms with Gasteiger partial charge in [-0.05, 0) is 6.07 Å². The van der Waals surface area contributed by atoms with Gasteiger partial charge >= 0.3 is 0 Å². The van der Waals surface area contributed by atoms with Crippen molar-refractivity contribution in [2.45, 2.75) is 0 Å². The standard InChI is InChI=1S/C7H3ClF2N2/c8-6-5(12)1-4(9)3(2-11)7(6)10/h1H,12H2. The van der Waals surface area contributed by atoms with Crippen molar-refractivity contribution in [3.05, 3.63) is 28.3 Å². The molecule has 12 heavy (non-hydrogen) atoms. The van der Waals surface area contributed by atoms with E-state index in [4.69, 9.17) is 22.6 Å². The fraction of sp³-hybridized carbons (Fsp3) is 0. The molecule has 0 atom stereocenters. The highest BCUT2D eigenvalue weighted by atomic mass is 35.5. The molecule has 0 aromatic heterocycles. The molecule has 0 bridgehead atoms. The molecule has 1 rings (SSSR count). The number of benzene rings is 1. The Kier molecular flexibility index (Phi) is 2.15. The lowest BCUT2D eigenvalue weighted by Crippen LogP contribution is -1.96. The van der Waals surface area contributed by atoms with E-state index in [9.17, 15) is 8.78 Å². The van der Waals surface area contributed by atoms with Crippen LogP contribution in [0.3, 0.4) is 0 Å². The van der Waals surface area contributed by atoms with Crippen LogP contribution in [0.4, 0.5) is 14.5 Å². The molecule has 0 fully saturated rings. The van der Waals surface area contributed by atoms with Crippen molar-refractivity contribution in [1.29, 1.82) is 5.26 Å². The van der Waals surface area contributed by atoms with Gasteiger partial charge in [0.05, 0.1) is 5.69 Å². The molecule has 0 saturated heterocycles. The fourth-order valence-electron chi connectivity index (χ4n) is 0.716. The molecular formula is C7H3ClF2N2. The van der Waals surface area contributed by atoms with Gasteiger partial charge < -0.3 is 5.73 Å². The summed E-state index contributed by atoms with van der Waals surface area (Å²) in [6.45, 7) is 0. The second-order valence-electron chi connectivity index (χ2n) is 2.06. The minimum Gasteiger partial charge on any atom is -0.397 e. The summed E-state index contributed by atoms with van der Waals surface area (Å²) in [5.41, 5.74) is 4.19. The van der Waals surface area contributed by atoms with Crippen LogP contribution in [0.5, 0.6) is 0 Å². The van der Waals surface area contributed by atoms with Crippen LogP contribution in [0.15, 0.2) is 6.07 Å². The summed E-state index contributed by atoms with van der Waals surface area (Å²) in [4.78, 5) is 0. The Balaban J connectivity index is 3.54. The topological polar surface area (TPSA) is 49.8 Å². The Morgan fingerprint density at radius 1 is 1.50 bits per heavy atom. The summed E-state index contributed by atoms with van der Waals surface area (Å²) in [5, 5.41) is 7.86.